The van der Waals surface area contributed by atoms with Gasteiger partial charge < -0.3 is 4.74 Å². The fourth-order valence-electron chi connectivity index (χ4n) is 1.46. The number of ketones is 1. The van der Waals surface area contributed by atoms with Gasteiger partial charge in [-0.1, -0.05) is 12.2 Å². The minimum Gasteiger partial charge on any atom is -0.468 e. The van der Waals surface area contributed by atoms with Gasteiger partial charge in [0.25, 0.3) is 0 Å². The van der Waals surface area contributed by atoms with E-state index < -0.39 is 11.4 Å². The van der Waals surface area contributed by atoms with Crippen LogP contribution in [-0.4, -0.2) is 18.9 Å². The molecular formula is C12H18O3. The van der Waals surface area contributed by atoms with Gasteiger partial charge in [0.05, 0.1) is 7.11 Å². The number of carbonyl (C=O) groups excluding carboxylic acids is 2. The maximum atomic E-state index is 11.6. The molecule has 0 N–H and O–H groups in total. The average molecular weight is 210 g/mol. The highest BCUT2D eigenvalue weighted by Crippen LogP contribution is 2.29. The summed E-state index contributed by atoms with van der Waals surface area (Å²) in [4.78, 5) is 23.1. The lowest BCUT2D eigenvalue weighted by Crippen LogP contribution is -2.37. The highest BCUT2D eigenvalue weighted by atomic mass is 16.5. The molecule has 3 heteroatoms. The van der Waals surface area contributed by atoms with E-state index in [9.17, 15) is 9.59 Å². The number of hydrogen-bond acceptors (Lipinski definition) is 3. The van der Waals surface area contributed by atoms with E-state index >= 15 is 0 Å². The molecule has 0 aromatic heterocycles. The van der Waals surface area contributed by atoms with Gasteiger partial charge in [0, 0.05) is 0 Å². The molecule has 0 aliphatic rings. The number of methoxy groups -OCH3 is 1. The van der Waals surface area contributed by atoms with Crippen molar-refractivity contribution in [3.8, 4) is 0 Å². The Morgan fingerprint density at radius 3 is 2.33 bits per heavy atom. The molecule has 0 saturated carbocycles. The summed E-state index contributed by atoms with van der Waals surface area (Å²) in [7, 11) is 1.27. The Labute approximate surface area is 90.8 Å². The topological polar surface area (TPSA) is 43.4 Å². The second-order valence-electron chi connectivity index (χ2n) is 3.40. The van der Waals surface area contributed by atoms with Crippen LogP contribution in [0.3, 0.4) is 0 Å². The first kappa shape index (κ1) is 13.6. The van der Waals surface area contributed by atoms with Crippen molar-refractivity contribution in [3.63, 3.8) is 0 Å². The monoisotopic (exact) mass is 210 g/mol. The molecule has 0 amide bonds. The predicted octanol–water partition coefficient (Wildman–Crippen LogP) is 2.28. The van der Waals surface area contributed by atoms with Crippen LogP contribution in [0.15, 0.2) is 25.3 Å². The lowest BCUT2D eigenvalue weighted by molar-refractivity contribution is -0.154. The summed E-state index contributed by atoms with van der Waals surface area (Å²) >= 11 is 0. The van der Waals surface area contributed by atoms with Crippen LogP contribution in [0.2, 0.25) is 0 Å². The van der Waals surface area contributed by atoms with E-state index in [-0.39, 0.29) is 5.78 Å². The summed E-state index contributed by atoms with van der Waals surface area (Å²) in [6, 6.07) is 0. The molecule has 0 aliphatic heterocycles. The molecule has 0 aromatic rings. The van der Waals surface area contributed by atoms with Crippen LogP contribution in [0.5, 0.6) is 0 Å². The van der Waals surface area contributed by atoms with Gasteiger partial charge >= 0.3 is 5.97 Å². The molecule has 84 valence electrons. The van der Waals surface area contributed by atoms with Crippen molar-refractivity contribution in [1.29, 1.82) is 0 Å². The van der Waals surface area contributed by atoms with Crippen molar-refractivity contribution in [2.75, 3.05) is 7.11 Å². The standard InChI is InChI=1S/C12H18O3/c1-5-7-8-9-12(6-2,10(3)13)11(14)15-4/h5-6H,1-2,7-9H2,3-4H3. The molecule has 0 bridgehead atoms. The Kier molecular flexibility index (Phi) is 5.60. The third-order valence-electron chi connectivity index (χ3n) is 2.51. The molecular weight excluding hydrogens is 192 g/mol. The summed E-state index contributed by atoms with van der Waals surface area (Å²) in [5.74, 6) is -0.762. The third-order valence-corrected chi connectivity index (χ3v) is 2.51. The summed E-state index contributed by atoms with van der Waals surface area (Å²) in [5, 5.41) is 0. The number of unbranched alkanes of at least 4 members (excludes halogenated alkanes) is 1. The number of rotatable bonds is 7. The molecule has 0 saturated heterocycles. The van der Waals surface area contributed by atoms with E-state index in [4.69, 9.17) is 0 Å². The number of hydrogen-bond donors (Lipinski definition) is 0. The fourth-order valence-corrected chi connectivity index (χ4v) is 1.46. The zero-order valence-electron chi connectivity index (χ0n) is 9.41. The quantitative estimate of drug-likeness (QED) is 0.280. The van der Waals surface area contributed by atoms with Crippen LogP contribution in [0.4, 0.5) is 0 Å². The Bertz CT molecular complexity index is 268. The van der Waals surface area contributed by atoms with E-state index in [1.54, 1.807) is 6.08 Å². The van der Waals surface area contributed by atoms with Crippen LogP contribution < -0.4 is 0 Å². The van der Waals surface area contributed by atoms with Gasteiger partial charge in [0.1, 0.15) is 5.41 Å². The molecule has 0 heterocycles. The van der Waals surface area contributed by atoms with E-state index in [1.807, 2.05) is 0 Å². The van der Waals surface area contributed by atoms with Crippen molar-refractivity contribution < 1.29 is 14.3 Å². The Hall–Kier alpha value is -1.38. The number of ether oxygens (including phenoxy) is 1. The van der Waals surface area contributed by atoms with Crippen LogP contribution in [-0.2, 0) is 14.3 Å². The van der Waals surface area contributed by atoms with Crippen LogP contribution in [0.25, 0.3) is 0 Å². The van der Waals surface area contributed by atoms with Gasteiger partial charge in [-0.3, -0.25) is 9.59 Å². The van der Waals surface area contributed by atoms with Crippen LogP contribution in [0, 0.1) is 5.41 Å². The predicted molar refractivity (Wildman–Crippen MR) is 59.4 cm³/mol. The minimum atomic E-state index is -1.18. The fraction of sp³-hybridized carbons (Fsp3) is 0.500. The lowest BCUT2D eigenvalue weighted by Gasteiger charge is -2.24. The number of allylic oxidation sites excluding steroid dienone is 1. The zero-order valence-corrected chi connectivity index (χ0v) is 9.41. The normalized spacial score (nSPS) is 13.7. The van der Waals surface area contributed by atoms with Gasteiger partial charge in [-0.25, -0.2) is 0 Å². The molecule has 1 atom stereocenters. The Morgan fingerprint density at radius 2 is 2.00 bits per heavy atom. The first-order chi connectivity index (χ1) is 7.05. The average Bonchev–Trinajstić information content (AvgIpc) is 2.23. The molecule has 0 aromatic carbocycles. The summed E-state index contributed by atoms with van der Waals surface area (Å²) < 4.78 is 4.64. The molecule has 3 nitrogen and oxygen atoms in total. The number of Topliss-reactive ketones (excluding diaryl/α,β-unsaturated/α-hetero) is 1. The summed E-state index contributed by atoms with van der Waals surface area (Å²) in [6.45, 7) is 8.53. The highest BCUT2D eigenvalue weighted by Gasteiger charge is 2.40. The summed E-state index contributed by atoms with van der Waals surface area (Å²) in [5.41, 5.74) is -1.18. The highest BCUT2D eigenvalue weighted by molar-refractivity contribution is 6.04. The summed E-state index contributed by atoms with van der Waals surface area (Å²) in [6.07, 6.45) is 5.03. The van der Waals surface area contributed by atoms with E-state index in [0.29, 0.717) is 12.8 Å². The van der Waals surface area contributed by atoms with Crippen molar-refractivity contribution in [1.82, 2.24) is 0 Å². The molecule has 0 radical (unpaired) electrons. The second-order valence-corrected chi connectivity index (χ2v) is 3.40. The Balaban J connectivity index is 4.81. The van der Waals surface area contributed by atoms with Crippen molar-refractivity contribution in [2.45, 2.75) is 26.2 Å². The van der Waals surface area contributed by atoms with Gasteiger partial charge in [0.2, 0.25) is 0 Å². The van der Waals surface area contributed by atoms with Crippen LogP contribution in [0.1, 0.15) is 26.2 Å². The molecule has 0 aliphatic carbocycles. The van der Waals surface area contributed by atoms with E-state index in [2.05, 4.69) is 17.9 Å². The van der Waals surface area contributed by atoms with Gasteiger partial charge in [-0.2, -0.15) is 0 Å². The van der Waals surface area contributed by atoms with Gasteiger partial charge in [-0.15, -0.1) is 13.2 Å². The van der Waals surface area contributed by atoms with Crippen molar-refractivity contribution in [3.05, 3.63) is 25.3 Å². The van der Waals surface area contributed by atoms with E-state index in [1.165, 1.54) is 20.1 Å². The first-order valence-corrected chi connectivity index (χ1v) is 4.89. The van der Waals surface area contributed by atoms with Gasteiger partial charge in [-0.05, 0) is 26.2 Å². The second kappa shape index (κ2) is 6.17. The SMILES string of the molecule is C=CCCCC(C=C)(C(C)=O)C(=O)OC. The van der Waals surface area contributed by atoms with Crippen molar-refractivity contribution >= 4 is 11.8 Å². The molecule has 0 rings (SSSR count). The smallest absolute Gasteiger partial charge is 0.323 e. The van der Waals surface area contributed by atoms with Crippen molar-refractivity contribution in [2.24, 2.45) is 5.41 Å². The maximum Gasteiger partial charge on any atom is 0.323 e. The maximum absolute atomic E-state index is 11.6. The van der Waals surface area contributed by atoms with Crippen LogP contribution >= 0.6 is 0 Å². The third kappa shape index (κ3) is 3.05. The first-order valence-electron chi connectivity index (χ1n) is 4.89. The zero-order chi connectivity index (χ0) is 11.9. The molecule has 0 fully saturated rings. The molecule has 1 unspecified atom stereocenters. The van der Waals surface area contributed by atoms with E-state index in [0.717, 1.165) is 6.42 Å². The number of esters is 1. The minimum absolute atomic E-state index is 0.228. The Morgan fingerprint density at radius 1 is 1.40 bits per heavy atom. The lowest BCUT2D eigenvalue weighted by atomic mass is 9.79. The molecule has 15 heavy (non-hydrogen) atoms. The largest absolute Gasteiger partial charge is 0.468 e. The number of carbonyl (C=O) groups is 2. The molecule has 0 spiro atoms. The van der Waals surface area contributed by atoms with Gasteiger partial charge in [0.15, 0.2) is 5.78 Å².